The number of rotatable bonds is 4. The Morgan fingerprint density at radius 2 is 2.25 bits per heavy atom. The zero-order chi connectivity index (χ0) is 17.1. The number of carbonyl (C=O) groups excluding carboxylic acids is 1. The summed E-state index contributed by atoms with van der Waals surface area (Å²) in [5, 5.41) is 4.20. The first kappa shape index (κ1) is 17.0. The number of nitrogens with one attached hydrogen (secondary N) is 1. The van der Waals surface area contributed by atoms with E-state index in [0.29, 0.717) is 6.54 Å². The van der Waals surface area contributed by atoms with Gasteiger partial charge in [0.1, 0.15) is 0 Å². The molecule has 5 nitrogen and oxygen atoms in total. The van der Waals surface area contributed by atoms with Crippen LogP contribution in [0.15, 0.2) is 18.3 Å². The highest BCUT2D eigenvalue weighted by atomic mass is 32.1. The predicted molar refractivity (Wildman–Crippen MR) is 97.4 cm³/mol. The molecule has 1 saturated heterocycles. The van der Waals surface area contributed by atoms with Gasteiger partial charge in [0.15, 0.2) is 0 Å². The first-order valence-electron chi connectivity index (χ1n) is 8.65. The van der Waals surface area contributed by atoms with E-state index in [1.807, 2.05) is 18.7 Å². The summed E-state index contributed by atoms with van der Waals surface area (Å²) in [4.78, 5) is 20.4. The van der Waals surface area contributed by atoms with Crippen LogP contribution in [0, 0.1) is 13.8 Å². The van der Waals surface area contributed by atoms with Gasteiger partial charge >= 0.3 is 6.03 Å². The molecule has 0 spiro atoms. The average Bonchev–Trinajstić information content (AvgIpc) is 3.12. The maximum Gasteiger partial charge on any atom is 0.317 e. The average molecular weight is 346 g/mol. The highest BCUT2D eigenvalue weighted by molar-refractivity contribution is 7.11. The van der Waals surface area contributed by atoms with Crippen LogP contribution in [-0.4, -0.2) is 33.6 Å². The van der Waals surface area contributed by atoms with Crippen LogP contribution in [0.2, 0.25) is 0 Å². The Bertz CT molecular complexity index is 706. The van der Waals surface area contributed by atoms with Gasteiger partial charge in [-0.25, -0.2) is 9.78 Å². The molecule has 2 aromatic rings. The van der Waals surface area contributed by atoms with Gasteiger partial charge in [-0.2, -0.15) is 0 Å². The minimum Gasteiger partial charge on any atom is -0.353 e. The maximum absolute atomic E-state index is 12.7. The third-order valence-corrected chi connectivity index (χ3v) is 5.85. The zero-order valence-corrected chi connectivity index (χ0v) is 15.5. The van der Waals surface area contributed by atoms with Crippen molar-refractivity contribution in [2.45, 2.75) is 45.6 Å². The van der Waals surface area contributed by atoms with Crippen molar-refractivity contribution in [3.05, 3.63) is 39.6 Å². The molecular formula is C18H26N4OS. The summed E-state index contributed by atoms with van der Waals surface area (Å²) in [7, 11) is 2.05. The highest BCUT2D eigenvalue weighted by Gasteiger charge is 2.29. The largest absolute Gasteiger partial charge is 0.353 e. The molecule has 1 aliphatic rings. The van der Waals surface area contributed by atoms with E-state index >= 15 is 0 Å². The van der Waals surface area contributed by atoms with E-state index < -0.39 is 0 Å². The van der Waals surface area contributed by atoms with Crippen molar-refractivity contribution < 1.29 is 4.79 Å². The lowest BCUT2D eigenvalue weighted by molar-refractivity contribution is 0.148. The normalized spacial score (nSPS) is 18.0. The molecule has 1 fully saturated rings. The number of amides is 2. The van der Waals surface area contributed by atoms with Crippen LogP contribution >= 0.6 is 11.3 Å². The summed E-state index contributed by atoms with van der Waals surface area (Å²) in [5.74, 6) is 0. The highest BCUT2D eigenvalue weighted by Crippen LogP contribution is 2.30. The van der Waals surface area contributed by atoms with Gasteiger partial charge in [-0.3, -0.25) is 0 Å². The van der Waals surface area contributed by atoms with Gasteiger partial charge in [-0.1, -0.05) is 0 Å². The molecule has 0 saturated carbocycles. The van der Waals surface area contributed by atoms with Crippen LogP contribution < -0.4 is 5.32 Å². The molecule has 1 atom stereocenters. The number of hydrogen-bond acceptors (Lipinski definition) is 3. The van der Waals surface area contributed by atoms with Crippen molar-refractivity contribution >= 4 is 17.4 Å². The summed E-state index contributed by atoms with van der Waals surface area (Å²) in [6.07, 6.45) is 6.21. The van der Waals surface area contributed by atoms with Crippen molar-refractivity contribution in [2.24, 2.45) is 7.05 Å². The second-order valence-corrected chi connectivity index (χ2v) is 7.76. The number of likely N-dealkylation sites (tertiary alicyclic amines) is 1. The molecule has 2 amide bonds. The number of hydrogen-bond donors (Lipinski definition) is 1. The third kappa shape index (κ3) is 3.64. The van der Waals surface area contributed by atoms with Gasteiger partial charge in [0.05, 0.1) is 16.7 Å². The van der Waals surface area contributed by atoms with E-state index in [0.717, 1.165) is 36.5 Å². The van der Waals surface area contributed by atoms with Gasteiger partial charge in [0.25, 0.3) is 0 Å². The molecule has 6 heteroatoms. The van der Waals surface area contributed by atoms with Crippen LogP contribution in [0.3, 0.4) is 0 Å². The SMILES string of the molecule is Cc1nc(C)c(CCNC(=O)N2CCCC[C@H]2c2cccn2C)s1. The van der Waals surface area contributed by atoms with Crippen LogP contribution in [0.5, 0.6) is 0 Å². The van der Waals surface area contributed by atoms with E-state index in [2.05, 4.69) is 40.2 Å². The number of nitrogens with zero attached hydrogens (tertiary/aromatic N) is 3. The molecule has 0 aliphatic carbocycles. The Morgan fingerprint density at radius 3 is 2.92 bits per heavy atom. The van der Waals surface area contributed by atoms with Crippen molar-refractivity contribution in [1.29, 1.82) is 0 Å². The smallest absolute Gasteiger partial charge is 0.317 e. The molecule has 2 aromatic heterocycles. The van der Waals surface area contributed by atoms with Gasteiger partial charge in [-0.05, 0) is 45.2 Å². The molecule has 3 heterocycles. The Hall–Kier alpha value is -1.82. The van der Waals surface area contributed by atoms with Crippen LogP contribution in [0.1, 0.15) is 46.6 Å². The molecule has 0 unspecified atom stereocenters. The van der Waals surface area contributed by atoms with Crippen molar-refractivity contribution in [3.63, 3.8) is 0 Å². The molecule has 0 radical (unpaired) electrons. The Labute approximate surface area is 147 Å². The lowest BCUT2D eigenvalue weighted by atomic mass is 10.00. The van der Waals surface area contributed by atoms with E-state index in [-0.39, 0.29) is 12.1 Å². The van der Waals surface area contributed by atoms with Crippen LogP contribution in [0.25, 0.3) is 0 Å². The molecule has 1 aliphatic heterocycles. The maximum atomic E-state index is 12.7. The second-order valence-electron chi connectivity index (χ2n) is 6.47. The summed E-state index contributed by atoms with van der Waals surface area (Å²) in [6.45, 7) is 5.56. The first-order valence-corrected chi connectivity index (χ1v) is 9.46. The molecular weight excluding hydrogens is 320 g/mol. The number of urea groups is 1. The Morgan fingerprint density at radius 1 is 1.42 bits per heavy atom. The van der Waals surface area contributed by atoms with Crippen molar-refractivity contribution in [1.82, 2.24) is 19.8 Å². The van der Waals surface area contributed by atoms with Gasteiger partial charge in [0, 0.05) is 43.3 Å². The molecule has 1 N–H and O–H groups in total. The topological polar surface area (TPSA) is 50.2 Å². The molecule has 130 valence electrons. The Balaban J connectivity index is 1.60. The Kier molecular flexibility index (Phi) is 5.23. The first-order chi connectivity index (χ1) is 11.6. The van der Waals surface area contributed by atoms with Crippen LogP contribution in [-0.2, 0) is 13.5 Å². The molecule has 0 aromatic carbocycles. The monoisotopic (exact) mass is 346 g/mol. The van der Waals surface area contributed by atoms with Gasteiger partial charge < -0.3 is 14.8 Å². The predicted octanol–water partition coefficient (Wildman–Crippen LogP) is 3.58. The minimum absolute atomic E-state index is 0.0554. The summed E-state index contributed by atoms with van der Waals surface area (Å²) < 4.78 is 2.12. The number of piperidine rings is 1. The van der Waals surface area contributed by atoms with E-state index in [9.17, 15) is 4.79 Å². The molecule has 0 bridgehead atoms. The molecule has 3 rings (SSSR count). The second kappa shape index (κ2) is 7.38. The summed E-state index contributed by atoms with van der Waals surface area (Å²) in [6, 6.07) is 4.42. The zero-order valence-electron chi connectivity index (χ0n) is 14.7. The molecule has 24 heavy (non-hydrogen) atoms. The van der Waals surface area contributed by atoms with E-state index in [4.69, 9.17) is 0 Å². The third-order valence-electron chi connectivity index (χ3n) is 4.72. The number of thiazole rings is 1. The van der Waals surface area contributed by atoms with Gasteiger partial charge in [0.2, 0.25) is 0 Å². The van der Waals surface area contributed by atoms with E-state index in [1.165, 1.54) is 17.0 Å². The summed E-state index contributed by atoms with van der Waals surface area (Å²) in [5.41, 5.74) is 2.31. The fourth-order valence-electron chi connectivity index (χ4n) is 3.49. The van der Waals surface area contributed by atoms with Crippen molar-refractivity contribution in [3.8, 4) is 0 Å². The number of aryl methyl sites for hydroxylation is 3. The minimum atomic E-state index is 0.0554. The fraction of sp³-hybridized carbons (Fsp3) is 0.556. The standard InChI is InChI=1S/C18H26N4OS/c1-13-17(24-14(2)20-13)9-10-19-18(23)22-12-5-4-7-16(22)15-8-6-11-21(15)3/h6,8,11,16H,4-5,7,9-10,12H2,1-3H3,(H,19,23)/t16-/m0/s1. The van der Waals surface area contributed by atoms with E-state index in [1.54, 1.807) is 11.3 Å². The number of carbonyl (C=O) groups is 1. The quantitative estimate of drug-likeness (QED) is 0.920. The van der Waals surface area contributed by atoms with Crippen molar-refractivity contribution in [2.75, 3.05) is 13.1 Å². The number of aromatic nitrogens is 2. The lowest BCUT2D eigenvalue weighted by Gasteiger charge is -2.36. The van der Waals surface area contributed by atoms with Gasteiger partial charge in [-0.15, -0.1) is 11.3 Å². The van der Waals surface area contributed by atoms with Crippen LogP contribution in [0.4, 0.5) is 4.79 Å². The fourth-order valence-corrected chi connectivity index (χ4v) is 4.43. The summed E-state index contributed by atoms with van der Waals surface area (Å²) >= 11 is 1.72. The lowest BCUT2D eigenvalue weighted by Crippen LogP contribution is -2.45.